The molecule has 0 bridgehead atoms. The summed E-state index contributed by atoms with van der Waals surface area (Å²) in [5.41, 5.74) is -0.433. The molecule has 0 unspecified atom stereocenters. The van der Waals surface area contributed by atoms with Crippen LogP contribution in [0.15, 0.2) is 23.8 Å². The molecular weight excluding hydrogens is 472 g/mol. The molecule has 3 fully saturated rings. The van der Waals surface area contributed by atoms with E-state index in [-0.39, 0.29) is 29.8 Å². The second-order valence-corrected chi connectivity index (χ2v) is 11.9. The van der Waals surface area contributed by atoms with Gasteiger partial charge in [-0.3, -0.25) is 14.4 Å². The highest BCUT2D eigenvalue weighted by atomic mass is 16.7. The minimum atomic E-state index is -1.03. The first-order valence-corrected chi connectivity index (χ1v) is 14.0. The number of carbonyl (C=O) groups excluding carboxylic acids is 3. The molecule has 7 heteroatoms. The smallest absolute Gasteiger partial charge is 0.312 e. The Bertz CT molecular complexity index is 910. The van der Waals surface area contributed by atoms with Crippen molar-refractivity contribution < 1.29 is 34.1 Å². The average molecular weight is 519 g/mol. The lowest BCUT2D eigenvalue weighted by Crippen LogP contribution is -2.60. The van der Waals surface area contributed by atoms with Crippen molar-refractivity contribution in [1.82, 2.24) is 0 Å². The minimum absolute atomic E-state index is 0.000645. The first-order valence-electron chi connectivity index (χ1n) is 14.0. The fourth-order valence-corrected chi connectivity index (χ4v) is 6.71. The number of unbranched alkanes of at least 4 members (excludes halogenated alkanes) is 3. The third-order valence-corrected chi connectivity index (χ3v) is 9.53. The number of rotatable bonds is 13. The van der Waals surface area contributed by atoms with Crippen LogP contribution in [-0.2, 0) is 23.9 Å². The van der Waals surface area contributed by atoms with Crippen molar-refractivity contribution in [3.63, 3.8) is 0 Å². The van der Waals surface area contributed by atoms with Crippen molar-refractivity contribution in [1.29, 1.82) is 0 Å². The van der Waals surface area contributed by atoms with E-state index >= 15 is 0 Å². The fraction of sp³-hybridized carbons (Fsp3) is 0.767. The molecule has 0 radical (unpaired) electrons. The molecule has 1 heterocycles. The van der Waals surface area contributed by atoms with Crippen LogP contribution in [0.1, 0.15) is 86.0 Å². The van der Waals surface area contributed by atoms with Crippen LogP contribution in [0.4, 0.5) is 0 Å². The van der Waals surface area contributed by atoms with Gasteiger partial charge in [0.15, 0.2) is 11.9 Å². The SMILES string of the molecule is C=C(C=O)[C@@H]1C[C@]2(C)[C@@H](C)CC[C@@H](OC(=O)[C@H](C)[C@H](O)/C(C)=C/[C@H](CO)CCCCCC)[C@]23O[C@@H]3C1=O. The number of ether oxygens (including phenoxy) is 2. The van der Waals surface area contributed by atoms with Crippen molar-refractivity contribution in [2.75, 3.05) is 6.61 Å². The number of aliphatic hydroxyl groups is 2. The number of ketones is 1. The second-order valence-electron chi connectivity index (χ2n) is 11.9. The molecule has 3 aliphatic rings. The Morgan fingerprint density at radius 1 is 1.30 bits per heavy atom. The molecule has 1 saturated heterocycles. The predicted molar refractivity (Wildman–Crippen MR) is 141 cm³/mol. The zero-order valence-corrected chi connectivity index (χ0v) is 23.2. The molecule has 2 N–H and O–H groups in total. The summed E-state index contributed by atoms with van der Waals surface area (Å²) in [7, 11) is 0. The molecule has 0 amide bonds. The third-order valence-electron chi connectivity index (χ3n) is 9.53. The van der Waals surface area contributed by atoms with Crippen LogP contribution in [0, 0.1) is 29.1 Å². The lowest BCUT2D eigenvalue weighted by molar-refractivity contribution is -0.173. The van der Waals surface area contributed by atoms with Gasteiger partial charge in [-0.25, -0.2) is 0 Å². The molecule has 0 aromatic heterocycles. The molecule has 0 aromatic rings. The Hall–Kier alpha value is -1.83. The van der Waals surface area contributed by atoms with Crippen molar-refractivity contribution in [3.8, 4) is 0 Å². The van der Waals surface area contributed by atoms with Crippen molar-refractivity contribution >= 4 is 18.0 Å². The van der Waals surface area contributed by atoms with E-state index in [4.69, 9.17) is 9.47 Å². The summed E-state index contributed by atoms with van der Waals surface area (Å²) >= 11 is 0. The largest absolute Gasteiger partial charge is 0.459 e. The van der Waals surface area contributed by atoms with Gasteiger partial charge in [0.25, 0.3) is 0 Å². The van der Waals surface area contributed by atoms with E-state index in [9.17, 15) is 24.6 Å². The van der Waals surface area contributed by atoms with E-state index in [2.05, 4.69) is 27.4 Å². The van der Waals surface area contributed by atoms with E-state index in [1.807, 2.05) is 6.08 Å². The Labute approximate surface area is 221 Å². The molecular formula is C30H46O7. The Morgan fingerprint density at radius 2 is 2.00 bits per heavy atom. The van der Waals surface area contributed by atoms with Crippen LogP contribution in [0.3, 0.4) is 0 Å². The van der Waals surface area contributed by atoms with E-state index in [1.54, 1.807) is 13.8 Å². The highest BCUT2D eigenvalue weighted by molar-refractivity contribution is 5.97. The number of hydrogen-bond donors (Lipinski definition) is 2. The molecule has 2 saturated carbocycles. The molecule has 37 heavy (non-hydrogen) atoms. The monoisotopic (exact) mass is 518 g/mol. The van der Waals surface area contributed by atoms with Crippen LogP contribution >= 0.6 is 0 Å². The van der Waals surface area contributed by atoms with Crippen LogP contribution in [0.5, 0.6) is 0 Å². The van der Waals surface area contributed by atoms with Gasteiger partial charge in [0.05, 0.1) is 12.0 Å². The second kappa shape index (κ2) is 11.9. The molecule has 7 nitrogen and oxygen atoms in total. The summed E-state index contributed by atoms with van der Waals surface area (Å²) in [4.78, 5) is 37.7. The number of allylic oxidation sites excluding steroid dienone is 1. The molecule has 2 aliphatic carbocycles. The standard InChI is InChI=1S/C30H46O7/c1-7-8-9-10-11-22(17-32)14-18(2)25(33)21(5)28(35)36-24-13-12-20(4)29(6)15-23(19(3)16-31)26(34)27-30(24,29)37-27/h14,16,20-25,27,32-33H,3,7-13,15,17H2,1-2,4-6H3/b18-14+/t20-,21+,22+,23-,24+,25+,27+,29+,30+/m0/s1. The number of esters is 1. The fourth-order valence-electron chi connectivity index (χ4n) is 6.71. The first kappa shape index (κ1) is 29.7. The topological polar surface area (TPSA) is 113 Å². The number of hydrogen-bond acceptors (Lipinski definition) is 7. The molecule has 0 aromatic carbocycles. The maximum atomic E-state index is 13.2. The van der Waals surface area contributed by atoms with Crippen molar-refractivity contribution in [3.05, 3.63) is 23.8 Å². The van der Waals surface area contributed by atoms with E-state index < -0.39 is 47.1 Å². The summed E-state index contributed by atoms with van der Waals surface area (Å²) in [6, 6.07) is 0. The number of aliphatic hydroxyl groups excluding tert-OH is 2. The molecule has 3 rings (SSSR count). The Morgan fingerprint density at radius 3 is 2.62 bits per heavy atom. The molecule has 1 spiro atoms. The third kappa shape index (κ3) is 5.50. The highest BCUT2D eigenvalue weighted by Gasteiger charge is 2.80. The summed E-state index contributed by atoms with van der Waals surface area (Å²) in [5, 5.41) is 20.7. The number of Topliss-reactive ketones (excluding diaryl/α,β-unsaturated/α-hetero) is 1. The van der Waals surface area contributed by atoms with Gasteiger partial charge in [0, 0.05) is 23.9 Å². The first-order chi connectivity index (χ1) is 17.5. The lowest BCUT2D eigenvalue weighted by atomic mass is 9.52. The lowest BCUT2D eigenvalue weighted by Gasteiger charge is -2.51. The van der Waals surface area contributed by atoms with E-state index in [0.717, 1.165) is 38.5 Å². The van der Waals surface area contributed by atoms with Gasteiger partial charge >= 0.3 is 5.97 Å². The summed E-state index contributed by atoms with van der Waals surface area (Å²) in [5.74, 6) is -1.92. The molecule has 9 atom stereocenters. The Kier molecular flexibility index (Phi) is 9.57. The van der Waals surface area contributed by atoms with Gasteiger partial charge in [-0.15, -0.1) is 0 Å². The maximum absolute atomic E-state index is 13.2. The quantitative estimate of drug-likeness (QED) is 0.0931. The van der Waals surface area contributed by atoms with Crippen LogP contribution in [0.25, 0.3) is 0 Å². The van der Waals surface area contributed by atoms with Crippen molar-refractivity contribution in [2.45, 2.75) is 110 Å². The number of epoxide rings is 1. The van der Waals surface area contributed by atoms with Crippen LogP contribution in [-0.4, -0.2) is 58.8 Å². The summed E-state index contributed by atoms with van der Waals surface area (Å²) in [6.07, 6.45) is 7.27. The van der Waals surface area contributed by atoms with Crippen LogP contribution in [0.2, 0.25) is 0 Å². The minimum Gasteiger partial charge on any atom is -0.459 e. The molecule has 208 valence electrons. The zero-order valence-electron chi connectivity index (χ0n) is 23.2. The number of carbonyl (C=O) groups is 3. The Balaban J connectivity index is 1.69. The van der Waals surface area contributed by atoms with Gasteiger partial charge in [-0.1, -0.05) is 59.1 Å². The van der Waals surface area contributed by atoms with Gasteiger partial charge in [0.2, 0.25) is 0 Å². The predicted octanol–water partition coefficient (Wildman–Crippen LogP) is 4.34. The van der Waals surface area contributed by atoms with Gasteiger partial charge in [-0.2, -0.15) is 0 Å². The average Bonchev–Trinajstić information content (AvgIpc) is 3.65. The van der Waals surface area contributed by atoms with Gasteiger partial charge < -0.3 is 19.7 Å². The van der Waals surface area contributed by atoms with Gasteiger partial charge in [0.1, 0.15) is 18.0 Å². The van der Waals surface area contributed by atoms with E-state index in [0.29, 0.717) is 24.7 Å². The zero-order chi connectivity index (χ0) is 27.5. The van der Waals surface area contributed by atoms with Crippen molar-refractivity contribution in [2.24, 2.45) is 29.1 Å². The van der Waals surface area contributed by atoms with Gasteiger partial charge in [-0.05, 0) is 56.6 Å². The maximum Gasteiger partial charge on any atom is 0.312 e. The normalized spacial score (nSPS) is 35.5. The summed E-state index contributed by atoms with van der Waals surface area (Å²) in [6.45, 7) is 13.6. The van der Waals surface area contributed by atoms with Crippen LogP contribution < -0.4 is 0 Å². The summed E-state index contributed by atoms with van der Waals surface area (Å²) < 4.78 is 12.1. The number of aldehydes is 1. The highest BCUT2D eigenvalue weighted by Crippen LogP contribution is 2.67. The van der Waals surface area contributed by atoms with E-state index in [1.165, 1.54) is 0 Å². The molecule has 1 aliphatic heterocycles.